The van der Waals surface area contributed by atoms with Crippen molar-refractivity contribution in [3.63, 3.8) is 0 Å². The number of nitrogens with one attached hydrogen (secondary N) is 1. The van der Waals surface area contributed by atoms with Gasteiger partial charge in [0.25, 0.3) is 0 Å². The van der Waals surface area contributed by atoms with Gasteiger partial charge in [-0.15, -0.1) is 11.8 Å². The molecular formula is C23H27N3O5S2. The zero-order chi connectivity index (χ0) is 23.4. The van der Waals surface area contributed by atoms with E-state index in [9.17, 15) is 18.0 Å². The lowest BCUT2D eigenvalue weighted by atomic mass is 10.2. The Morgan fingerprint density at radius 3 is 2.67 bits per heavy atom. The highest BCUT2D eigenvalue weighted by atomic mass is 32.2. The molecule has 0 spiro atoms. The number of anilines is 2. The molecule has 2 aromatic carbocycles. The van der Waals surface area contributed by atoms with Crippen LogP contribution in [0, 0.1) is 0 Å². The molecule has 8 nitrogen and oxygen atoms in total. The summed E-state index contributed by atoms with van der Waals surface area (Å²) in [6.07, 6.45) is 1.94. The molecule has 2 aliphatic rings. The van der Waals surface area contributed by atoms with E-state index in [0.717, 1.165) is 17.7 Å². The van der Waals surface area contributed by atoms with E-state index in [1.807, 2.05) is 13.0 Å². The molecule has 2 aromatic rings. The maximum Gasteiger partial charge on any atom is 0.244 e. The molecule has 0 atom stereocenters. The van der Waals surface area contributed by atoms with E-state index in [1.165, 1.54) is 27.0 Å². The zero-order valence-electron chi connectivity index (χ0n) is 18.5. The third-order valence-corrected chi connectivity index (χ3v) is 8.52. The van der Waals surface area contributed by atoms with Gasteiger partial charge in [0.15, 0.2) is 0 Å². The molecule has 0 aliphatic carbocycles. The van der Waals surface area contributed by atoms with Crippen molar-refractivity contribution in [2.45, 2.75) is 36.0 Å². The van der Waals surface area contributed by atoms with Gasteiger partial charge in [-0.05, 0) is 50.1 Å². The number of benzene rings is 2. The summed E-state index contributed by atoms with van der Waals surface area (Å²) in [5, 5.41) is 2.81. The summed E-state index contributed by atoms with van der Waals surface area (Å²) in [6.45, 7) is 3.09. The monoisotopic (exact) mass is 489 g/mol. The van der Waals surface area contributed by atoms with Crippen LogP contribution in [0.5, 0.6) is 5.75 Å². The molecule has 2 amide bonds. The molecule has 2 heterocycles. The fourth-order valence-electron chi connectivity index (χ4n) is 3.94. The first-order valence-corrected chi connectivity index (χ1v) is 13.4. The second-order valence-electron chi connectivity index (χ2n) is 7.80. The molecule has 0 radical (unpaired) electrons. The van der Waals surface area contributed by atoms with Crippen molar-refractivity contribution in [1.82, 2.24) is 4.31 Å². The number of rotatable bonds is 7. The highest BCUT2D eigenvalue weighted by Gasteiger charge is 2.31. The molecule has 4 rings (SSSR count). The predicted molar refractivity (Wildman–Crippen MR) is 128 cm³/mol. The fraction of sp³-hybridized carbons (Fsp3) is 0.391. The van der Waals surface area contributed by atoms with Crippen LogP contribution in [0.1, 0.15) is 26.2 Å². The van der Waals surface area contributed by atoms with E-state index < -0.39 is 10.0 Å². The van der Waals surface area contributed by atoms with E-state index in [2.05, 4.69) is 5.32 Å². The molecule has 1 N–H and O–H groups in total. The molecule has 176 valence electrons. The number of fused-ring (bicyclic) bond motifs is 1. The van der Waals surface area contributed by atoms with Gasteiger partial charge in [0.05, 0.1) is 22.9 Å². The van der Waals surface area contributed by atoms with E-state index in [0.29, 0.717) is 42.6 Å². The largest absolute Gasteiger partial charge is 0.492 e. The highest BCUT2D eigenvalue weighted by Crippen LogP contribution is 2.37. The van der Waals surface area contributed by atoms with Crippen molar-refractivity contribution in [1.29, 1.82) is 0 Å². The topological polar surface area (TPSA) is 96.0 Å². The van der Waals surface area contributed by atoms with Gasteiger partial charge in [0.2, 0.25) is 21.8 Å². The van der Waals surface area contributed by atoms with Gasteiger partial charge in [-0.3, -0.25) is 9.59 Å². The molecule has 1 fully saturated rings. The smallest absolute Gasteiger partial charge is 0.244 e. The number of carbonyl (C=O) groups excluding carboxylic acids is 2. The first-order valence-electron chi connectivity index (χ1n) is 11.0. The van der Waals surface area contributed by atoms with Crippen LogP contribution in [-0.2, 0) is 19.6 Å². The maximum absolute atomic E-state index is 13.1. The van der Waals surface area contributed by atoms with Crippen LogP contribution in [0.25, 0.3) is 0 Å². The van der Waals surface area contributed by atoms with Crippen molar-refractivity contribution >= 4 is 45.0 Å². The van der Waals surface area contributed by atoms with Gasteiger partial charge < -0.3 is 15.0 Å². The normalized spacial score (nSPS) is 16.9. The molecule has 10 heteroatoms. The van der Waals surface area contributed by atoms with Crippen LogP contribution in [-0.4, -0.2) is 56.5 Å². The van der Waals surface area contributed by atoms with Gasteiger partial charge in [-0.1, -0.05) is 12.1 Å². The van der Waals surface area contributed by atoms with Crippen molar-refractivity contribution < 1.29 is 22.7 Å². The SMILES string of the molecule is CCOc1ccccc1NC(=O)CN1C(=O)CCSc2ccc(S(=O)(=O)N3CCCC3)cc21. The third kappa shape index (κ3) is 5.18. The Morgan fingerprint density at radius 1 is 1.15 bits per heavy atom. The van der Waals surface area contributed by atoms with E-state index in [-0.39, 0.29) is 29.7 Å². The predicted octanol–water partition coefficient (Wildman–Crippen LogP) is 3.34. The number of nitrogens with zero attached hydrogens (tertiary/aromatic N) is 2. The van der Waals surface area contributed by atoms with Gasteiger partial charge in [0.1, 0.15) is 12.3 Å². The third-order valence-electron chi connectivity index (χ3n) is 5.56. The molecule has 2 aliphatic heterocycles. The van der Waals surface area contributed by atoms with Gasteiger partial charge in [-0.2, -0.15) is 4.31 Å². The number of thioether (sulfide) groups is 1. The Labute approximate surface area is 198 Å². The summed E-state index contributed by atoms with van der Waals surface area (Å²) in [4.78, 5) is 28.1. The lowest BCUT2D eigenvalue weighted by molar-refractivity contribution is -0.121. The van der Waals surface area contributed by atoms with Gasteiger partial charge in [0, 0.05) is 30.2 Å². The Kier molecular flexibility index (Phi) is 7.26. The standard InChI is InChI=1S/C23H27N3O5S2/c1-2-31-20-8-4-3-7-18(20)24-22(27)16-26-19-15-17(33(29,30)25-12-5-6-13-25)9-10-21(19)32-14-11-23(26)28/h3-4,7-10,15H,2,5-6,11-14,16H2,1H3,(H,24,27). The van der Waals surface area contributed by atoms with Crippen LogP contribution in [0.15, 0.2) is 52.3 Å². The average Bonchev–Trinajstić information content (AvgIpc) is 3.30. The number of hydrogen-bond acceptors (Lipinski definition) is 6. The summed E-state index contributed by atoms with van der Waals surface area (Å²) in [7, 11) is -3.64. The Hall–Kier alpha value is -2.56. The number of para-hydroxylation sites is 2. The number of amides is 2. The second-order valence-corrected chi connectivity index (χ2v) is 10.9. The molecule has 0 unspecified atom stereocenters. The quantitative estimate of drug-likeness (QED) is 0.641. The number of sulfonamides is 1. The van der Waals surface area contributed by atoms with Crippen LogP contribution in [0.2, 0.25) is 0 Å². The minimum atomic E-state index is -3.64. The van der Waals surface area contributed by atoms with Gasteiger partial charge >= 0.3 is 0 Å². The summed E-state index contributed by atoms with van der Waals surface area (Å²) in [5.74, 6) is 0.506. The number of ether oxygens (including phenoxy) is 1. The Balaban J connectivity index is 1.61. The second kappa shape index (κ2) is 10.1. The van der Waals surface area contributed by atoms with E-state index in [1.54, 1.807) is 30.3 Å². The fourth-order valence-corrected chi connectivity index (χ4v) is 6.46. The first kappa shape index (κ1) is 23.6. The maximum atomic E-state index is 13.1. The minimum absolute atomic E-state index is 0.144. The molecule has 0 aromatic heterocycles. The highest BCUT2D eigenvalue weighted by molar-refractivity contribution is 7.99. The Morgan fingerprint density at radius 2 is 1.91 bits per heavy atom. The van der Waals surface area contributed by atoms with Crippen LogP contribution in [0.4, 0.5) is 11.4 Å². The molecule has 0 saturated carbocycles. The lowest BCUT2D eigenvalue weighted by Crippen LogP contribution is -2.38. The lowest BCUT2D eigenvalue weighted by Gasteiger charge is -2.24. The van der Waals surface area contributed by atoms with Gasteiger partial charge in [-0.25, -0.2) is 8.42 Å². The van der Waals surface area contributed by atoms with Crippen molar-refractivity contribution in [2.24, 2.45) is 0 Å². The van der Waals surface area contributed by atoms with Crippen molar-refractivity contribution in [3.05, 3.63) is 42.5 Å². The summed E-state index contributed by atoms with van der Waals surface area (Å²) in [5.41, 5.74) is 0.975. The number of carbonyl (C=O) groups is 2. The van der Waals surface area contributed by atoms with Crippen LogP contribution >= 0.6 is 11.8 Å². The van der Waals surface area contributed by atoms with Crippen LogP contribution in [0.3, 0.4) is 0 Å². The number of hydrogen-bond donors (Lipinski definition) is 1. The van der Waals surface area contributed by atoms with Crippen molar-refractivity contribution in [2.75, 3.05) is 42.2 Å². The summed E-state index contributed by atoms with van der Waals surface area (Å²) < 4.78 is 33.2. The van der Waals surface area contributed by atoms with Crippen LogP contribution < -0.4 is 15.0 Å². The summed E-state index contributed by atoms with van der Waals surface area (Å²) >= 11 is 1.49. The van der Waals surface area contributed by atoms with Crippen molar-refractivity contribution in [3.8, 4) is 5.75 Å². The zero-order valence-corrected chi connectivity index (χ0v) is 20.1. The minimum Gasteiger partial charge on any atom is -0.492 e. The molecular weight excluding hydrogens is 462 g/mol. The van der Waals surface area contributed by atoms with E-state index in [4.69, 9.17) is 4.74 Å². The van der Waals surface area contributed by atoms with E-state index >= 15 is 0 Å². The first-order chi connectivity index (χ1) is 15.9. The summed E-state index contributed by atoms with van der Waals surface area (Å²) in [6, 6.07) is 11.9. The average molecular weight is 490 g/mol. The Bertz CT molecular complexity index is 1150. The molecule has 0 bridgehead atoms. The molecule has 33 heavy (non-hydrogen) atoms. The molecule has 1 saturated heterocycles.